The average Bonchev–Trinajstić information content (AvgIpc) is 2.82. The minimum atomic E-state index is -0.394. The summed E-state index contributed by atoms with van der Waals surface area (Å²) in [5, 5.41) is 12.1. The highest BCUT2D eigenvalue weighted by Crippen LogP contribution is 2.11. The highest BCUT2D eigenvalue weighted by molar-refractivity contribution is 5.94. The number of nitrogens with one attached hydrogen (secondary N) is 1. The fourth-order valence-electron chi connectivity index (χ4n) is 1.41. The van der Waals surface area contributed by atoms with Crippen molar-refractivity contribution >= 4 is 5.91 Å². The maximum atomic E-state index is 11.6. The number of hydrogen-bond acceptors (Lipinski definition) is 4. The van der Waals surface area contributed by atoms with Gasteiger partial charge in [0.2, 0.25) is 0 Å². The Bertz CT molecular complexity index is 494. The molecule has 0 aliphatic carbocycles. The summed E-state index contributed by atoms with van der Waals surface area (Å²) in [6.45, 7) is 0.433. The maximum absolute atomic E-state index is 11.6. The third-order valence-corrected chi connectivity index (χ3v) is 2.24. The SMILES string of the molecule is O=C(NCCc1ccco1)c1ncccc1O. The van der Waals surface area contributed by atoms with Gasteiger partial charge in [-0.3, -0.25) is 4.79 Å². The number of amides is 1. The zero-order valence-electron chi connectivity index (χ0n) is 9.09. The molecular weight excluding hydrogens is 220 g/mol. The van der Waals surface area contributed by atoms with Crippen molar-refractivity contribution in [3.05, 3.63) is 48.2 Å². The summed E-state index contributed by atoms with van der Waals surface area (Å²) in [5.41, 5.74) is 0.0342. The third-order valence-electron chi connectivity index (χ3n) is 2.24. The summed E-state index contributed by atoms with van der Waals surface area (Å²) in [4.78, 5) is 15.4. The highest BCUT2D eigenvalue weighted by Gasteiger charge is 2.11. The standard InChI is InChI=1S/C12H12N2O3/c15-10-4-1-6-13-11(10)12(16)14-7-5-9-3-2-8-17-9/h1-4,6,8,15H,5,7H2,(H,14,16). The molecule has 2 rings (SSSR count). The van der Waals surface area contributed by atoms with E-state index in [9.17, 15) is 9.90 Å². The van der Waals surface area contributed by atoms with E-state index < -0.39 is 5.91 Å². The number of nitrogens with zero attached hydrogens (tertiary/aromatic N) is 1. The number of aromatic nitrogens is 1. The fourth-order valence-corrected chi connectivity index (χ4v) is 1.41. The van der Waals surface area contributed by atoms with Crippen molar-refractivity contribution < 1.29 is 14.3 Å². The van der Waals surface area contributed by atoms with Crippen LogP contribution >= 0.6 is 0 Å². The number of pyridine rings is 1. The van der Waals surface area contributed by atoms with E-state index in [-0.39, 0.29) is 11.4 Å². The van der Waals surface area contributed by atoms with Crippen molar-refractivity contribution in [1.82, 2.24) is 10.3 Å². The number of carbonyl (C=O) groups excluding carboxylic acids is 1. The fraction of sp³-hybridized carbons (Fsp3) is 0.167. The van der Waals surface area contributed by atoms with Gasteiger partial charge in [-0.25, -0.2) is 4.98 Å². The van der Waals surface area contributed by atoms with E-state index in [1.807, 2.05) is 6.07 Å². The van der Waals surface area contributed by atoms with Crippen LogP contribution in [0.25, 0.3) is 0 Å². The Balaban J connectivity index is 1.88. The monoisotopic (exact) mass is 232 g/mol. The molecule has 1 amide bonds. The first-order chi connectivity index (χ1) is 8.27. The van der Waals surface area contributed by atoms with Gasteiger partial charge in [-0.15, -0.1) is 0 Å². The van der Waals surface area contributed by atoms with E-state index in [0.29, 0.717) is 13.0 Å². The van der Waals surface area contributed by atoms with Crippen molar-refractivity contribution in [2.24, 2.45) is 0 Å². The van der Waals surface area contributed by atoms with E-state index in [2.05, 4.69) is 10.3 Å². The number of aromatic hydroxyl groups is 1. The maximum Gasteiger partial charge on any atom is 0.273 e. The van der Waals surface area contributed by atoms with Crippen LogP contribution < -0.4 is 5.32 Å². The molecule has 0 aromatic carbocycles. The quantitative estimate of drug-likeness (QED) is 0.834. The molecule has 0 aliphatic rings. The summed E-state index contributed by atoms with van der Waals surface area (Å²) in [6.07, 6.45) is 3.65. The van der Waals surface area contributed by atoms with Crippen LogP contribution in [0.15, 0.2) is 41.1 Å². The lowest BCUT2D eigenvalue weighted by atomic mass is 10.3. The Labute approximate surface area is 98.1 Å². The molecule has 0 unspecified atom stereocenters. The van der Waals surface area contributed by atoms with E-state index in [4.69, 9.17) is 4.42 Å². The van der Waals surface area contributed by atoms with Crippen molar-refractivity contribution in [1.29, 1.82) is 0 Å². The molecule has 5 nitrogen and oxygen atoms in total. The zero-order valence-corrected chi connectivity index (χ0v) is 9.09. The molecule has 2 aromatic heterocycles. The van der Waals surface area contributed by atoms with Crippen LogP contribution in [0.4, 0.5) is 0 Å². The van der Waals surface area contributed by atoms with Crippen LogP contribution in [0, 0.1) is 0 Å². The molecule has 17 heavy (non-hydrogen) atoms. The summed E-state index contributed by atoms with van der Waals surface area (Å²) in [5.74, 6) is 0.285. The van der Waals surface area contributed by atoms with Gasteiger partial charge in [0.15, 0.2) is 5.69 Å². The van der Waals surface area contributed by atoms with Crippen molar-refractivity contribution in [3.63, 3.8) is 0 Å². The zero-order chi connectivity index (χ0) is 12.1. The second-order valence-corrected chi connectivity index (χ2v) is 3.46. The predicted molar refractivity (Wildman–Crippen MR) is 60.6 cm³/mol. The molecule has 5 heteroatoms. The minimum absolute atomic E-state index is 0.0342. The molecule has 88 valence electrons. The normalized spacial score (nSPS) is 10.1. The van der Waals surface area contributed by atoms with Crippen molar-refractivity contribution in [2.45, 2.75) is 6.42 Å². The lowest BCUT2D eigenvalue weighted by Gasteiger charge is -2.04. The lowest BCUT2D eigenvalue weighted by Crippen LogP contribution is -2.26. The summed E-state index contributed by atoms with van der Waals surface area (Å²) in [7, 11) is 0. The first kappa shape index (κ1) is 11.2. The van der Waals surface area contributed by atoms with E-state index in [1.54, 1.807) is 18.4 Å². The van der Waals surface area contributed by atoms with Gasteiger partial charge < -0.3 is 14.8 Å². The number of carbonyl (C=O) groups is 1. The van der Waals surface area contributed by atoms with Gasteiger partial charge in [-0.05, 0) is 24.3 Å². The number of furan rings is 1. The molecule has 0 aliphatic heterocycles. The van der Waals surface area contributed by atoms with Crippen LogP contribution in [0.3, 0.4) is 0 Å². The first-order valence-electron chi connectivity index (χ1n) is 5.22. The van der Waals surface area contributed by atoms with Crippen LogP contribution in [0.1, 0.15) is 16.2 Å². The second-order valence-electron chi connectivity index (χ2n) is 3.46. The van der Waals surface area contributed by atoms with Gasteiger partial charge in [-0.1, -0.05) is 0 Å². The van der Waals surface area contributed by atoms with Crippen LogP contribution in [0.5, 0.6) is 5.75 Å². The van der Waals surface area contributed by atoms with Gasteiger partial charge in [0.1, 0.15) is 11.5 Å². The highest BCUT2D eigenvalue weighted by atomic mass is 16.3. The first-order valence-corrected chi connectivity index (χ1v) is 5.22. The molecule has 0 radical (unpaired) electrons. The van der Waals surface area contributed by atoms with E-state index in [0.717, 1.165) is 5.76 Å². The van der Waals surface area contributed by atoms with Crippen molar-refractivity contribution in [3.8, 4) is 5.75 Å². The minimum Gasteiger partial charge on any atom is -0.505 e. The molecule has 0 atom stereocenters. The summed E-state index contributed by atoms with van der Waals surface area (Å²) < 4.78 is 5.13. The van der Waals surface area contributed by atoms with Crippen LogP contribution in [-0.2, 0) is 6.42 Å². The van der Waals surface area contributed by atoms with Gasteiger partial charge >= 0.3 is 0 Å². The molecule has 0 saturated carbocycles. The van der Waals surface area contributed by atoms with Crippen LogP contribution in [0.2, 0.25) is 0 Å². The number of rotatable bonds is 4. The molecule has 2 aromatic rings. The van der Waals surface area contributed by atoms with Gasteiger partial charge in [-0.2, -0.15) is 0 Å². The summed E-state index contributed by atoms with van der Waals surface area (Å²) >= 11 is 0. The van der Waals surface area contributed by atoms with E-state index in [1.165, 1.54) is 12.3 Å². The molecule has 0 saturated heterocycles. The lowest BCUT2D eigenvalue weighted by molar-refractivity contribution is 0.0946. The smallest absolute Gasteiger partial charge is 0.273 e. The molecule has 0 spiro atoms. The van der Waals surface area contributed by atoms with Crippen LogP contribution in [-0.4, -0.2) is 22.5 Å². The molecule has 2 N–H and O–H groups in total. The second kappa shape index (κ2) is 5.16. The predicted octanol–water partition coefficient (Wildman–Crippen LogP) is 1.35. The van der Waals surface area contributed by atoms with Gasteiger partial charge in [0, 0.05) is 19.2 Å². The average molecular weight is 232 g/mol. The molecule has 0 fully saturated rings. The Morgan fingerprint density at radius 1 is 1.41 bits per heavy atom. The Kier molecular flexibility index (Phi) is 3.40. The number of hydrogen-bond donors (Lipinski definition) is 2. The Morgan fingerprint density at radius 2 is 2.29 bits per heavy atom. The van der Waals surface area contributed by atoms with Gasteiger partial charge in [0.25, 0.3) is 5.91 Å². The molecule has 0 bridgehead atoms. The topological polar surface area (TPSA) is 75.4 Å². The third kappa shape index (κ3) is 2.84. The van der Waals surface area contributed by atoms with Gasteiger partial charge in [0.05, 0.1) is 6.26 Å². The van der Waals surface area contributed by atoms with E-state index >= 15 is 0 Å². The molecular formula is C12H12N2O3. The largest absolute Gasteiger partial charge is 0.505 e. The Morgan fingerprint density at radius 3 is 3.00 bits per heavy atom. The van der Waals surface area contributed by atoms with Crippen molar-refractivity contribution in [2.75, 3.05) is 6.54 Å². The summed E-state index contributed by atoms with van der Waals surface area (Å²) in [6, 6.07) is 6.62. The Hall–Kier alpha value is -2.30. The molecule has 2 heterocycles.